The third-order valence-electron chi connectivity index (χ3n) is 8.11. The Morgan fingerprint density at radius 2 is 1.56 bits per heavy atom. The highest BCUT2D eigenvalue weighted by molar-refractivity contribution is 6.09. The number of hydrogen-bond acceptors (Lipinski definition) is 8. The van der Waals surface area contributed by atoms with Crippen LogP contribution in [0.25, 0.3) is 0 Å². The number of para-hydroxylation sites is 1. The first-order chi connectivity index (χ1) is 23.2. The molecule has 1 saturated heterocycles. The van der Waals surface area contributed by atoms with Gasteiger partial charge in [-0.3, -0.25) is 9.59 Å². The average molecular weight is 734 g/mol. The number of carbonyl (C=O) groups excluding carboxylic acids is 3. The van der Waals surface area contributed by atoms with Crippen LogP contribution in [0.2, 0.25) is 0 Å². The third kappa shape index (κ3) is 11.7. The summed E-state index contributed by atoms with van der Waals surface area (Å²) in [4.78, 5) is 44.8. The number of likely N-dealkylation sites (N-methyl/N-ethyl adjacent to an activating group) is 1. The molecule has 12 nitrogen and oxygen atoms in total. The van der Waals surface area contributed by atoms with Gasteiger partial charge in [0.15, 0.2) is 0 Å². The van der Waals surface area contributed by atoms with E-state index in [1.165, 1.54) is 12.0 Å². The van der Waals surface area contributed by atoms with Crippen LogP contribution in [0.15, 0.2) is 60.7 Å². The highest BCUT2D eigenvalue weighted by atomic mass is 35.5. The molecule has 0 spiro atoms. The lowest BCUT2D eigenvalue weighted by atomic mass is 10.1. The van der Waals surface area contributed by atoms with Crippen LogP contribution in [0.5, 0.6) is 17.2 Å². The molecule has 1 aliphatic heterocycles. The van der Waals surface area contributed by atoms with E-state index in [1.54, 1.807) is 49.5 Å². The van der Waals surface area contributed by atoms with E-state index >= 15 is 0 Å². The van der Waals surface area contributed by atoms with Gasteiger partial charge in [-0.1, -0.05) is 18.2 Å². The number of benzene rings is 3. The summed E-state index contributed by atoms with van der Waals surface area (Å²) in [6, 6.07) is 17.5. The summed E-state index contributed by atoms with van der Waals surface area (Å²) >= 11 is 0. The number of unbranched alkanes of at least 4 members (excludes halogenated alkanes) is 1. The van der Waals surface area contributed by atoms with Gasteiger partial charge in [-0.05, 0) is 87.8 Å². The molecule has 3 aromatic carbocycles. The van der Waals surface area contributed by atoms with E-state index in [9.17, 15) is 14.4 Å². The average Bonchev–Trinajstić information content (AvgIpc) is 3.09. The van der Waals surface area contributed by atoms with Gasteiger partial charge in [0.25, 0.3) is 11.8 Å². The number of anilines is 2. The molecule has 4 rings (SSSR count). The summed E-state index contributed by atoms with van der Waals surface area (Å²) in [7, 11) is 5.23. The molecule has 50 heavy (non-hydrogen) atoms. The zero-order valence-electron chi connectivity index (χ0n) is 29.2. The molecule has 4 N–H and O–H groups in total. The highest BCUT2D eigenvalue weighted by Gasteiger charge is 2.21. The number of nitrogens with one attached hydrogen (secondary N) is 2. The van der Waals surface area contributed by atoms with Crippen molar-refractivity contribution < 1.29 is 28.6 Å². The standard InChI is InChI=1S/C36H48N6O6.2ClH/c1-26-12-15-30(33(24-26)48-22-8-7-17-38-36(45)42-20-18-40(2)19-21-42)41(3)35(44)27-13-14-29(32(25-27)46-4)39-34(43)28-10-5-6-11-31(28)47-23-9-16-37;;/h5-6,10-15,24-25H,7-9,16-23,37H2,1-4H3,(H,38,45)(H,39,43);2*1H. The van der Waals surface area contributed by atoms with Crippen molar-refractivity contribution >= 4 is 54.0 Å². The summed E-state index contributed by atoms with van der Waals surface area (Å²) in [5.74, 6) is 0.747. The van der Waals surface area contributed by atoms with Crippen molar-refractivity contribution in [1.29, 1.82) is 0 Å². The van der Waals surface area contributed by atoms with Crippen LogP contribution < -0.4 is 35.5 Å². The van der Waals surface area contributed by atoms with E-state index in [0.29, 0.717) is 72.5 Å². The largest absolute Gasteiger partial charge is 0.495 e. The number of halogens is 2. The third-order valence-corrected chi connectivity index (χ3v) is 8.11. The number of piperazine rings is 1. The number of aryl methyl sites for hydroxylation is 1. The van der Waals surface area contributed by atoms with Crippen molar-refractivity contribution in [2.45, 2.75) is 26.2 Å². The quantitative estimate of drug-likeness (QED) is 0.181. The monoisotopic (exact) mass is 732 g/mol. The Labute approximate surface area is 307 Å². The van der Waals surface area contributed by atoms with Gasteiger partial charge in [0.1, 0.15) is 17.2 Å². The number of nitrogens with zero attached hydrogens (tertiary/aromatic N) is 3. The molecule has 1 heterocycles. The lowest BCUT2D eigenvalue weighted by Gasteiger charge is -2.32. The Balaban J connectivity index is 0.00000433. The summed E-state index contributed by atoms with van der Waals surface area (Å²) in [5.41, 5.74) is 8.35. The maximum atomic E-state index is 13.7. The topological polar surface area (TPSA) is 139 Å². The first-order valence-corrected chi connectivity index (χ1v) is 16.4. The lowest BCUT2D eigenvalue weighted by Crippen LogP contribution is -2.50. The normalized spacial score (nSPS) is 12.5. The van der Waals surface area contributed by atoms with Crippen molar-refractivity contribution in [3.8, 4) is 17.2 Å². The molecule has 4 amide bonds. The molecule has 0 radical (unpaired) electrons. The van der Waals surface area contributed by atoms with Gasteiger partial charge < -0.3 is 45.3 Å². The van der Waals surface area contributed by atoms with E-state index < -0.39 is 0 Å². The van der Waals surface area contributed by atoms with E-state index in [-0.39, 0.29) is 42.7 Å². The Bertz CT molecular complexity index is 1550. The SMILES string of the molecule is COc1cc(C(=O)N(C)c2ccc(C)cc2OCCCCNC(=O)N2CCN(C)CC2)ccc1NC(=O)c1ccccc1OCCCN.Cl.Cl. The van der Waals surface area contributed by atoms with Gasteiger partial charge in [-0.2, -0.15) is 0 Å². The zero-order chi connectivity index (χ0) is 34.5. The molecular weight excluding hydrogens is 683 g/mol. The lowest BCUT2D eigenvalue weighted by molar-refractivity contribution is 0.0990. The minimum Gasteiger partial charge on any atom is -0.495 e. The number of methoxy groups -OCH3 is 1. The number of rotatable bonds is 15. The second-order valence-electron chi connectivity index (χ2n) is 11.8. The number of amides is 4. The molecule has 1 fully saturated rings. The van der Waals surface area contributed by atoms with E-state index in [2.05, 4.69) is 22.6 Å². The number of urea groups is 1. The molecule has 0 aromatic heterocycles. The highest BCUT2D eigenvalue weighted by Crippen LogP contribution is 2.32. The van der Waals surface area contributed by atoms with E-state index in [1.807, 2.05) is 30.0 Å². The van der Waals surface area contributed by atoms with Gasteiger partial charge in [-0.25, -0.2) is 4.79 Å². The van der Waals surface area contributed by atoms with Gasteiger partial charge in [0, 0.05) is 45.3 Å². The minimum atomic E-state index is -0.369. The molecule has 1 aliphatic rings. The van der Waals surface area contributed by atoms with E-state index in [0.717, 1.165) is 44.6 Å². The Kier molecular flexibility index (Phi) is 17.7. The Morgan fingerprint density at radius 3 is 2.28 bits per heavy atom. The fraction of sp³-hybridized carbons (Fsp3) is 0.417. The fourth-order valence-corrected chi connectivity index (χ4v) is 5.21. The summed E-state index contributed by atoms with van der Waals surface area (Å²) in [5, 5.41) is 5.87. The van der Waals surface area contributed by atoms with E-state index in [4.69, 9.17) is 19.9 Å². The first kappa shape index (κ1) is 41.9. The van der Waals surface area contributed by atoms with Crippen LogP contribution in [0, 0.1) is 6.92 Å². The maximum Gasteiger partial charge on any atom is 0.317 e. The summed E-state index contributed by atoms with van der Waals surface area (Å²) in [6.07, 6.45) is 2.18. The van der Waals surface area contributed by atoms with Crippen molar-refractivity contribution in [3.63, 3.8) is 0 Å². The maximum absolute atomic E-state index is 13.7. The predicted octanol–water partition coefficient (Wildman–Crippen LogP) is 5.22. The predicted molar refractivity (Wildman–Crippen MR) is 202 cm³/mol. The first-order valence-electron chi connectivity index (χ1n) is 16.4. The van der Waals surface area contributed by atoms with Gasteiger partial charge in [0.2, 0.25) is 0 Å². The molecule has 274 valence electrons. The van der Waals surface area contributed by atoms with Crippen LogP contribution in [0.4, 0.5) is 16.2 Å². The molecule has 14 heteroatoms. The number of nitrogens with two attached hydrogens (primary N) is 1. The molecule has 0 bridgehead atoms. The molecule has 0 saturated carbocycles. The van der Waals surface area contributed by atoms with Crippen LogP contribution in [-0.4, -0.2) is 101 Å². The van der Waals surface area contributed by atoms with Crippen molar-refractivity contribution in [2.75, 3.05) is 83.9 Å². The van der Waals surface area contributed by atoms with Crippen LogP contribution in [0.1, 0.15) is 45.5 Å². The number of carbonyl (C=O) groups is 3. The Morgan fingerprint density at radius 1 is 0.860 bits per heavy atom. The smallest absolute Gasteiger partial charge is 0.317 e. The van der Waals surface area contributed by atoms with Crippen LogP contribution >= 0.6 is 24.8 Å². The van der Waals surface area contributed by atoms with Crippen molar-refractivity contribution in [2.24, 2.45) is 5.73 Å². The fourth-order valence-electron chi connectivity index (χ4n) is 5.21. The minimum absolute atomic E-state index is 0. The molecule has 0 atom stereocenters. The number of ether oxygens (including phenoxy) is 3. The van der Waals surface area contributed by atoms with Crippen LogP contribution in [-0.2, 0) is 0 Å². The second-order valence-corrected chi connectivity index (χ2v) is 11.8. The molecule has 0 aliphatic carbocycles. The summed E-state index contributed by atoms with van der Waals surface area (Å²) < 4.78 is 17.5. The Hall–Kier alpha value is -4.23. The van der Waals surface area contributed by atoms with Crippen LogP contribution in [0.3, 0.4) is 0 Å². The van der Waals surface area contributed by atoms with Crippen molar-refractivity contribution in [3.05, 3.63) is 77.4 Å². The molecular formula is C36H50Cl2N6O6. The zero-order valence-corrected chi connectivity index (χ0v) is 30.9. The van der Waals surface area contributed by atoms with Crippen molar-refractivity contribution in [1.82, 2.24) is 15.1 Å². The van der Waals surface area contributed by atoms with Gasteiger partial charge in [-0.15, -0.1) is 24.8 Å². The molecule has 0 unspecified atom stereocenters. The summed E-state index contributed by atoms with van der Waals surface area (Å²) in [6.45, 7) is 7.11. The van der Waals surface area contributed by atoms with Gasteiger partial charge >= 0.3 is 6.03 Å². The number of hydrogen-bond donors (Lipinski definition) is 3. The van der Waals surface area contributed by atoms with Gasteiger partial charge in [0.05, 0.1) is 37.3 Å². The molecule has 3 aromatic rings. The second kappa shape index (κ2) is 21.1.